The van der Waals surface area contributed by atoms with Gasteiger partial charge in [0.1, 0.15) is 6.54 Å². The van der Waals surface area contributed by atoms with E-state index >= 15 is 0 Å². The second kappa shape index (κ2) is 5.11. The van der Waals surface area contributed by atoms with Crippen LogP contribution in [0.15, 0.2) is 16.5 Å². The summed E-state index contributed by atoms with van der Waals surface area (Å²) >= 11 is 0. The Labute approximate surface area is 95.6 Å². The average molecular weight is 251 g/mol. The van der Waals surface area contributed by atoms with Crippen LogP contribution in [0.2, 0.25) is 0 Å². The minimum Gasteiger partial charge on any atom is -0.475 e. The quantitative estimate of drug-likeness (QED) is 0.874. The van der Waals surface area contributed by atoms with Crippen molar-refractivity contribution in [2.75, 3.05) is 18.0 Å². The van der Waals surface area contributed by atoms with E-state index in [1.165, 1.54) is 6.07 Å². The molecule has 1 rings (SSSR count). The van der Waals surface area contributed by atoms with Crippen molar-refractivity contribution in [1.82, 2.24) is 0 Å². The first kappa shape index (κ1) is 13.4. The molecule has 0 atom stereocenters. The minimum absolute atomic E-state index is 0.0819. The molecule has 0 amide bonds. The molecule has 0 aromatic carbocycles. The van der Waals surface area contributed by atoms with Crippen molar-refractivity contribution >= 4 is 11.9 Å². The molecule has 0 aliphatic rings. The van der Waals surface area contributed by atoms with Gasteiger partial charge in [0.05, 0.1) is 0 Å². The van der Waals surface area contributed by atoms with Gasteiger partial charge >= 0.3 is 12.1 Å². The Morgan fingerprint density at radius 1 is 1.47 bits per heavy atom. The Bertz CT molecular complexity index is 386. The monoisotopic (exact) mass is 251 g/mol. The number of hydrogen-bond acceptors (Lipinski definition) is 3. The number of carbonyl (C=O) groups is 1. The van der Waals surface area contributed by atoms with Crippen LogP contribution in [0.5, 0.6) is 0 Å². The van der Waals surface area contributed by atoms with E-state index in [-0.39, 0.29) is 18.2 Å². The summed E-state index contributed by atoms with van der Waals surface area (Å²) in [5.41, 5.74) is 0. The molecule has 1 N–H and O–H groups in total. The van der Waals surface area contributed by atoms with Crippen molar-refractivity contribution < 1.29 is 27.5 Å². The van der Waals surface area contributed by atoms with Crippen molar-refractivity contribution in [1.29, 1.82) is 0 Å². The van der Waals surface area contributed by atoms with E-state index in [0.29, 0.717) is 6.42 Å². The predicted molar refractivity (Wildman–Crippen MR) is 54.2 cm³/mol. The zero-order valence-electron chi connectivity index (χ0n) is 9.12. The lowest BCUT2D eigenvalue weighted by atomic mass is 10.4. The predicted octanol–water partition coefficient (Wildman–Crippen LogP) is 2.76. The molecule has 1 aromatic heterocycles. The van der Waals surface area contributed by atoms with Gasteiger partial charge in [0, 0.05) is 12.6 Å². The Kier molecular flexibility index (Phi) is 4.03. The SMILES string of the molecule is CCCN(CC(F)(F)F)c1ccc(C(=O)O)o1. The molecule has 0 fully saturated rings. The fourth-order valence-electron chi connectivity index (χ4n) is 1.37. The highest BCUT2D eigenvalue weighted by Gasteiger charge is 2.31. The highest BCUT2D eigenvalue weighted by atomic mass is 19.4. The number of anilines is 1. The van der Waals surface area contributed by atoms with Gasteiger partial charge in [-0.05, 0) is 12.5 Å². The standard InChI is InChI=1S/C10H12F3NO3/c1-2-5-14(6-10(11,12)13)8-4-3-7(17-8)9(15)16/h3-4H,2,5-6H2,1H3,(H,15,16). The fraction of sp³-hybridized carbons (Fsp3) is 0.500. The molecule has 0 saturated heterocycles. The van der Waals surface area contributed by atoms with Gasteiger partial charge in [0.2, 0.25) is 5.76 Å². The number of hydrogen-bond donors (Lipinski definition) is 1. The van der Waals surface area contributed by atoms with Gasteiger partial charge in [0.25, 0.3) is 0 Å². The molecule has 1 heterocycles. The maximum absolute atomic E-state index is 12.3. The zero-order chi connectivity index (χ0) is 13.1. The lowest BCUT2D eigenvalue weighted by molar-refractivity contribution is -0.120. The Morgan fingerprint density at radius 3 is 2.53 bits per heavy atom. The van der Waals surface area contributed by atoms with Gasteiger partial charge in [-0.25, -0.2) is 4.79 Å². The number of rotatable bonds is 5. The summed E-state index contributed by atoms with van der Waals surface area (Å²) in [5.74, 6) is -1.76. The number of furan rings is 1. The minimum atomic E-state index is -4.36. The van der Waals surface area contributed by atoms with Gasteiger partial charge in [-0.3, -0.25) is 0 Å². The van der Waals surface area contributed by atoms with Gasteiger partial charge in [-0.2, -0.15) is 13.2 Å². The van der Waals surface area contributed by atoms with E-state index in [1.807, 2.05) is 0 Å². The summed E-state index contributed by atoms with van der Waals surface area (Å²) in [7, 11) is 0. The third-order valence-electron chi connectivity index (χ3n) is 1.98. The summed E-state index contributed by atoms with van der Waals surface area (Å²) in [5, 5.41) is 8.61. The third-order valence-corrected chi connectivity index (χ3v) is 1.98. The van der Waals surface area contributed by atoms with Crippen molar-refractivity contribution in [3.05, 3.63) is 17.9 Å². The van der Waals surface area contributed by atoms with Crippen LogP contribution in [0.1, 0.15) is 23.9 Å². The van der Waals surface area contributed by atoms with E-state index in [1.54, 1.807) is 6.92 Å². The summed E-state index contributed by atoms with van der Waals surface area (Å²) < 4.78 is 41.7. The largest absolute Gasteiger partial charge is 0.475 e. The van der Waals surface area contributed by atoms with Crippen LogP contribution in [0.4, 0.5) is 19.1 Å². The van der Waals surface area contributed by atoms with Gasteiger partial charge < -0.3 is 14.4 Å². The first-order valence-corrected chi connectivity index (χ1v) is 4.98. The molecular formula is C10H12F3NO3. The van der Waals surface area contributed by atoms with Crippen LogP contribution in [0, 0.1) is 0 Å². The van der Waals surface area contributed by atoms with E-state index in [9.17, 15) is 18.0 Å². The Balaban J connectivity index is 2.85. The Morgan fingerprint density at radius 2 is 2.12 bits per heavy atom. The zero-order valence-corrected chi connectivity index (χ0v) is 9.12. The molecule has 0 unspecified atom stereocenters. The van der Waals surface area contributed by atoms with E-state index in [4.69, 9.17) is 9.52 Å². The van der Waals surface area contributed by atoms with Gasteiger partial charge in [-0.15, -0.1) is 0 Å². The number of carboxylic acids is 1. The van der Waals surface area contributed by atoms with E-state index in [0.717, 1.165) is 11.0 Å². The fourth-order valence-corrected chi connectivity index (χ4v) is 1.37. The smallest absolute Gasteiger partial charge is 0.406 e. The highest BCUT2D eigenvalue weighted by Crippen LogP contribution is 2.24. The number of halogens is 3. The summed E-state index contributed by atoms with van der Waals surface area (Å²) in [6.07, 6.45) is -3.86. The molecule has 1 aromatic rings. The summed E-state index contributed by atoms with van der Waals surface area (Å²) in [6, 6.07) is 2.36. The molecule has 0 saturated carbocycles. The third kappa shape index (κ3) is 4.01. The summed E-state index contributed by atoms with van der Waals surface area (Å²) in [4.78, 5) is 11.5. The lowest BCUT2D eigenvalue weighted by Gasteiger charge is -2.22. The summed E-state index contributed by atoms with van der Waals surface area (Å²) in [6.45, 7) is 0.712. The van der Waals surface area contributed by atoms with Gasteiger partial charge in [0.15, 0.2) is 5.88 Å². The average Bonchev–Trinajstić information content (AvgIpc) is 2.63. The molecule has 4 nitrogen and oxygen atoms in total. The van der Waals surface area contributed by atoms with Crippen molar-refractivity contribution in [3.8, 4) is 0 Å². The second-order valence-corrected chi connectivity index (χ2v) is 3.48. The second-order valence-electron chi connectivity index (χ2n) is 3.48. The van der Waals surface area contributed by atoms with Crippen LogP contribution < -0.4 is 4.90 Å². The van der Waals surface area contributed by atoms with E-state index in [2.05, 4.69) is 0 Å². The van der Waals surface area contributed by atoms with Crippen molar-refractivity contribution in [3.63, 3.8) is 0 Å². The van der Waals surface area contributed by atoms with Crippen LogP contribution in [0.25, 0.3) is 0 Å². The van der Waals surface area contributed by atoms with Crippen molar-refractivity contribution in [2.24, 2.45) is 0 Å². The number of nitrogens with zero attached hydrogens (tertiary/aromatic N) is 1. The molecule has 17 heavy (non-hydrogen) atoms. The molecule has 0 spiro atoms. The molecule has 0 aliphatic carbocycles. The number of carboxylic acid groups (broad SMARTS) is 1. The first-order valence-electron chi connectivity index (χ1n) is 4.98. The topological polar surface area (TPSA) is 53.7 Å². The maximum Gasteiger partial charge on any atom is 0.406 e. The molecule has 96 valence electrons. The maximum atomic E-state index is 12.3. The number of alkyl halides is 3. The Hall–Kier alpha value is -1.66. The van der Waals surface area contributed by atoms with Crippen LogP contribution in [0.3, 0.4) is 0 Å². The lowest BCUT2D eigenvalue weighted by Crippen LogP contribution is -2.34. The highest BCUT2D eigenvalue weighted by molar-refractivity contribution is 5.84. The molecule has 0 aliphatic heterocycles. The van der Waals surface area contributed by atoms with Gasteiger partial charge in [-0.1, -0.05) is 6.92 Å². The van der Waals surface area contributed by atoms with E-state index < -0.39 is 18.7 Å². The molecular weight excluding hydrogens is 239 g/mol. The van der Waals surface area contributed by atoms with Crippen LogP contribution in [-0.4, -0.2) is 30.3 Å². The molecule has 0 bridgehead atoms. The molecule has 7 heteroatoms. The normalized spacial score (nSPS) is 11.5. The van der Waals surface area contributed by atoms with Crippen LogP contribution in [-0.2, 0) is 0 Å². The van der Waals surface area contributed by atoms with Crippen molar-refractivity contribution in [2.45, 2.75) is 19.5 Å². The van der Waals surface area contributed by atoms with Crippen LogP contribution >= 0.6 is 0 Å². The number of aromatic carboxylic acids is 1. The molecule has 0 radical (unpaired) electrons. The first-order chi connectivity index (χ1) is 7.83.